The lowest BCUT2D eigenvalue weighted by Crippen LogP contribution is -2.50. The molecule has 2 saturated heterocycles. The van der Waals surface area contributed by atoms with Gasteiger partial charge in [-0.1, -0.05) is 42.5 Å². The van der Waals surface area contributed by atoms with Crippen LogP contribution >= 0.6 is 0 Å². The molecule has 5 heteroatoms. The summed E-state index contributed by atoms with van der Waals surface area (Å²) in [6, 6.07) is 17.9. The zero-order chi connectivity index (χ0) is 20.3. The highest BCUT2D eigenvalue weighted by molar-refractivity contribution is 5.97. The smallest absolute Gasteiger partial charge is 0.257 e. The number of aliphatic hydroxyl groups is 1. The summed E-state index contributed by atoms with van der Waals surface area (Å²) in [6.45, 7) is 6.70. The van der Waals surface area contributed by atoms with Gasteiger partial charge in [0.05, 0.1) is 18.8 Å². The van der Waals surface area contributed by atoms with Crippen molar-refractivity contribution in [1.29, 1.82) is 0 Å². The maximum atomic E-state index is 13.2. The number of piperidine rings is 1. The number of nitrogens with zero attached hydrogens (tertiary/aromatic N) is 2. The molecule has 2 unspecified atom stereocenters. The molecule has 0 saturated carbocycles. The molecule has 2 aliphatic heterocycles. The van der Waals surface area contributed by atoms with Crippen molar-refractivity contribution in [3.63, 3.8) is 0 Å². The Hall–Kier alpha value is -2.37. The van der Waals surface area contributed by atoms with Crippen LogP contribution in [0.15, 0.2) is 54.6 Å². The highest BCUT2D eigenvalue weighted by Crippen LogP contribution is 2.43. The maximum Gasteiger partial charge on any atom is 0.257 e. The predicted octanol–water partition coefficient (Wildman–Crippen LogP) is 3.04. The molecule has 0 aromatic heterocycles. The molecule has 154 valence electrons. The standard InChI is InChI=1S/C24H30N2O3/c1-2-29-22-11-7-6-10-21(22)23(28)26-13-12-24(18-27)17-25(15-20(24)16-26)14-19-8-4-3-5-9-19/h3-11,20,27H,2,12-18H2,1H3. The minimum Gasteiger partial charge on any atom is -0.493 e. The topological polar surface area (TPSA) is 53.0 Å². The van der Waals surface area contributed by atoms with Crippen LogP contribution in [0, 0.1) is 11.3 Å². The SMILES string of the molecule is CCOc1ccccc1C(=O)N1CCC2(CO)CN(Cc3ccccc3)CC2C1. The molecule has 2 aromatic rings. The van der Waals surface area contributed by atoms with Gasteiger partial charge < -0.3 is 14.7 Å². The monoisotopic (exact) mass is 394 g/mol. The van der Waals surface area contributed by atoms with E-state index >= 15 is 0 Å². The summed E-state index contributed by atoms with van der Waals surface area (Å²) in [5.74, 6) is 0.964. The molecular weight excluding hydrogens is 364 g/mol. The second-order valence-electron chi connectivity index (χ2n) is 8.30. The lowest BCUT2D eigenvalue weighted by Gasteiger charge is -2.42. The molecule has 0 bridgehead atoms. The third-order valence-electron chi connectivity index (χ3n) is 6.47. The van der Waals surface area contributed by atoms with Crippen LogP contribution in [-0.4, -0.2) is 60.2 Å². The Labute approximate surface area is 172 Å². The summed E-state index contributed by atoms with van der Waals surface area (Å²) in [5.41, 5.74) is 1.81. The first-order valence-corrected chi connectivity index (χ1v) is 10.5. The molecule has 29 heavy (non-hydrogen) atoms. The molecule has 2 aromatic carbocycles. The normalized spacial score (nSPS) is 24.3. The molecule has 1 N–H and O–H groups in total. The van der Waals surface area contributed by atoms with Gasteiger partial charge in [0.2, 0.25) is 0 Å². The van der Waals surface area contributed by atoms with Crippen LogP contribution in [-0.2, 0) is 6.54 Å². The predicted molar refractivity (Wildman–Crippen MR) is 113 cm³/mol. The molecule has 2 fully saturated rings. The van der Waals surface area contributed by atoms with Crippen molar-refractivity contribution in [2.75, 3.05) is 39.4 Å². The van der Waals surface area contributed by atoms with Gasteiger partial charge >= 0.3 is 0 Å². The number of rotatable bonds is 6. The number of fused-ring (bicyclic) bond motifs is 1. The van der Waals surface area contributed by atoms with Gasteiger partial charge in [-0.25, -0.2) is 0 Å². The number of hydrogen-bond acceptors (Lipinski definition) is 4. The number of likely N-dealkylation sites (tertiary alicyclic amines) is 2. The van der Waals surface area contributed by atoms with Crippen LogP contribution < -0.4 is 4.74 Å². The largest absolute Gasteiger partial charge is 0.493 e. The van der Waals surface area contributed by atoms with E-state index in [9.17, 15) is 9.90 Å². The van der Waals surface area contributed by atoms with Crippen molar-refractivity contribution in [2.24, 2.45) is 11.3 Å². The highest BCUT2D eigenvalue weighted by atomic mass is 16.5. The Morgan fingerprint density at radius 3 is 2.66 bits per heavy atom. The van der Waals surface area contributed by atoms with Gasteiger partial charge in [-0.2, -0.15) is 0 Å². The number of amides is 1. The van der Waals surface area contributed by atoms with Gasteiger partial charge in [-0.05, 0) is 37.0 Å². The Morgan fingerprint density at radius 1 is 1.14 bits per heavy atom. The van der Waals surface area contributed by atoms with E-state index < -0.39 is 0 Å². The summed E-state index contributed by atoms with van der Waals surface area (Å²) >= 11 is 0. The van der Waals surface area contributed by atoms with E-state index in [4.69, 9.17) is 4.74 Å². The molecule has 2 heterocycles. The van der Waals surface area contributed by atoms with Crippen LogP contribution in [0.4, 0.5) is 0 Å². The van der Waals surface area contributed by atoms with E-state index in [-0.39, 0.29) is 23.8 Å². The van der Waals surface area contributed by atoms with Crippen molar-refractivity contribution >= 4 is 5.91 Å². The number of para-hydroxylation sites is 1. The summed E-state index contributed by atoms with van der Waals surface area (Å²) < 4.78 is 5.66. The van der Waals surface area contributed by atoms with Crippen molar-refractivity contribution in [2.45, 2.75) is 19.9 Å². The van der Waals surface area contributed by atoms with Crippen LogP contribution in [0.3, 0.4) is 0 Å². The molecule has 0 aliphatic carbocycles. The average molecular weight is 395 g/mol. The fourth-order valence-electron chi connectivity index (χ4n) is 4.89. The molecule has 2 atom stereocenters. The van der Waals surface area contributed by atoms with Crippen LogP contribution in [0.5, 0.6) is 5.75 Å². The number of hydrogen-bond donors (Lipinski definition) is 1. The molecule has 0 spiro atoms. The summed E-state index contributed by atoms with van der Waals surface area (Å²) in [4.78, 5) is 17.6. The van der Waals surface area contributed by atoms with Gasteiger partial charge in [0, 0.05) is 38.1 Å². The molecule has 0 radical (unpaired) electrons. The van der Waals surface area contributed by atoms with Gasteiger partial charge in [0.1, 0.15) is 5.75 Å². The fourth-order valence-corrected chi connectivity index (χ4v) is 4.89. The number of benzene rings is 2. The zero-order valence-corrected chi connectivity index (χ0v) is 17.1. The van der Waals surface area contributed by atoms with Gasteiger partial charge in [-0.15, -0.1) is 0 Å². The first-order valence-electron chi connectivity index (χ1n) is 10.5. The van der Waals surface area contributed by atoms with E-state index in [0.29, 0.717) is 31.0 Å². The molecule has 2 aliphatic rings. The maximum absolute atomic E-state index is 13.2. The number of carbonyl (C=O) groups is 1. The average Bonchev–Trinajstić information content (AvgIpc) is 3.12. The minimum absolute atomic E-state index is 0.0297. The van der Waals surface area contributed by atoms with Crippen LogP contribution in [0.25, 0.3) is 0 Å². The van der Waals surface area contributed by atoms with E-state index in [0.717, 1.165) is 26.1 Å². The Kier molecular flexibility index (Phi) is 5.88. The van der Waals surface area contributed by atoms with Crippen LogP contribution in [0.2, 0.25) is 0 Å². The van der Waals surface area contributed by atoms with E-state index in [1.54, 1.807) is 0 Å². The van der Waals surface area contributed by atoms with Crippen molar-refractivity contribution in [1.82, 2.24) is 9.80 Å². The highest BCUT2D eigenvalue weighted by Gasteiger charge is 2.49. The van der Waals surface area contributed by atoms with E-state index in [1.807, 2.05) is 42.2 Å². The van der Waals surface area contributed by atoms with Gasteiger partial charge in [0.25, 0.3) is 5.91 Å². The number of carbonyl (C=O) groups excluding carboxylic acids is 1. The lowest BCUT2D eigenvalue weighted by molar-refractivity contribution is 0.0176. The summed E-state index contributed by atoms with van der Waals surface area (Å²) in [7, 11) is 0. The van der Waals surface area contributed by atoms with Crippen molar-refractivity contribution in [3.8, 4) is 5.75 Å². The second-order valence-corrected chi connectivity index (χ2v) is 8.30. The minimum atomic E-state index is -0.106. The van der Waals surface area contributed by atoms with E-state index in [1.165, 1.54) is 5.56 Å². The third-order valence-corrected chi connectivity index (χ3v) is 6.47. The van der Waals surface area contributed by atoms with Crippen molar-refractivity contribution in [3.05, 3.63) is 65.7 Å². The fraction of sp³-hybridized carbons (Fsp3) is 0.458. The quantitative estimate of drug-likeness (QED) is 0.818. The Balaban J connectivity index is 1.48. The second kappa shape index (κ2) is 8.56. The van der Waals surface area contributed by atoms with Crippen molar-refractivity contribution < 1.29 is 14.6 Å². The van der Waals surface area contributed by atoms with Gasteiger partial charge in [-0.3, -0.25) is 9.69 Å². The molecule has 1 amide bonds. The number of ether oxygens (including phenoxy) is 1. The molecule has 5 nitrogen and oxygen atoms in total. The number of aliphatic hydroxyl groups excluding tert-OH is 1. The van der Waals surface area contributed by atoms with Gasteiger partial charge in [0.15, 0.2) is 0 Å². The summed E-state index contributed by atoms with van der Waals surface area (Å²) in [6.07, 6.45) is 0.835. The zero-order valence-electron chi connectivity index (χ0n) is 17.1. The Morgan fingerprint density at radius 2 is 1.90 bits per heavy atom. The molecular formula is C24H30N2O3. The third kappa shape index (κ3) is 4.02. The lowest BCUT2D eigenvalue weighted by atomic mass is 9.73. The molecule has 4 rings (SSSR count). The van der Waals surface area contributed by atoms with Crippen LogP contribution in [0.1, 0.15) is 29.3 Å². The van der Waals surface area contributed by atoms with E-state index in [2.05, 4.69) is 29.2 Å². The summed E-state index contributed by atoms with van der Waals surface area (Å²) in [5, 5.41) is 10.2. The first-order chi connectivity index (χ1) is 14.1. The first kappa shape index (κ1) is 19.9. The Bertz CT molecular complexity index is 841.